The highest BCUT2D eigenvalue weighted by molar-refractivity contribution is 8.08. The Morgan fingerprint density at radius 1 is 1.08 bits per heavy atom. The first kappa shape index (κ1) is 44.1. The molecular formula is C30H62N6O2S. The van der Waals surface area contributed by atoms with Crippen LogP contribution in [0.3, 0.4) is 0 Å². The van der Waals surface area contributed by atoms with Crippen molar-refractivity contribution in [3.05, 3.63) is 41.5 Å². The highest BCUT2D eigenvalue weighted by Crippen LogP contribution is 2.31. The summed E-state index contributed by atoms with van der Waals surface area (Å²) in [7, 11) is 4.12. The Balaban J connectivity index is -0.000000279. The average Bonchev–Trinajstić information content (AvgIpc) is 2.94. The second-order valence-corrected chi connectivity index (χ2v) is 9.15. The zero-order chi connectivity index (χ0) is 30.7. The fourth-order valence-electron chi connectivity index (χ4n) is 2.63. The molecule has 0 radical (unpaired) electrons. The van der Waals surface area contributed by atoms with Gasteiger partial charge in [0.25, 0.3) is 0 Å². The SMILES string of the molecule is CC.CCCCN(C)CC.CCCN/C=N/CS/C(=C(/C)CC(N)=O)c1ccccc1.CCCNC.NCO. The number of nitrogens with two attached hydrogens (primary N) is 2. The minimum atomic E-state index is -0.311. The quantitative estimate of drug-likeness (QED) is 0.0839. The summed E-state index contributed by atoms with van der Waals surface area (Å²) in [4.78, 5) is 18.9. The van der Waals surface area contributed by atoms with E-state index in [1.54, 1.807) is 18.1 Å². The van der Waals surface area contributed by atoms with E-state index in [0.717, 1.165) is 35.6 Å². The van der Waals surface area contributed by atoms with Crippen molar-refractivity contribution in [3.63, 3.8) is 0 Å². The van der Waals surface area contributed by atoms with Gasteiger partial charge in [0.2, 0.25) is 5.91 Å². The van der Waals surface area contributed by atoms with Crippen LogP contribution in [0.5, 0.6) is 0 Å². The molecule has 7 N–H and O–H groups in total. The number of aliphatic hydroxyl groups excluding tert-OH is 1. The van der Waals surface area contributed by atoms with Gasteiger partial charge in [-0.2, -0.15) is 0 Å². The first-order valence-corrected chi connectivity index (χ1v) is 15.3. The van der Waals surface area contributed by atoms with E-state index in [1.165, 1.54) is 32.4 Å². The minimum Gasteiger partial charge on any atom is -0.382 e. The summed E-state index contributed by atoms with van der Waals surface area (Å²) in [5, 5.41) is 13.5. The summed E-state index contributed by atoms with van der Waals surface area (Å²) in [6, 6.07) is 10.0. The van der Waals surface area contributed by atoms with Crippen LogP contribution in [0.4, 0.5) is 0 Å². The van der Waals surface area contributed by atoms with E-state index >= 15 is 0 Å². The van der Waals surface area contributed by atoms with E-state index in [-0.39, 0.29) is 19.1 Å². The van der Waals surface area contributed by atoms with E-state index in [0.29, 0.717) is 5.88 Å². The summed E-state index contributed by atoms with van der Waals surface area (Å²) in [6.07, 6.45) is 6.97. The number of carbonyl (C=O) groups excluding carboxylic acids is 1. The predicted molar refractivity (Wildman–Crippen MR) is 177 cm³/mol. The normalized spacial score (nSPS) is 10.5. The highest BCUT2D eigenvalue weighted by atomic mass is 32.2. The zero-order valence-corrected chi connectivity index (χ0v) is 27.4. The molecule has 0 saturated carbocycles. The van der Waals surface area contributed by atoms with Crippen molar-refractivity contribution < 1.29 is 9.90 Å². The van der Waals surface area contributed by atoms with E-state index in [2.05, 4.69) is 61.0 Å². The predicted octanol–water partition coefficient (Wildman–Crippen LogP) is 5.29. The monoisotopic (exact) mass is 570 g/mol. The summed E-state index contributed by atoms with van der Waals surface area (Å²) < 4.78 is 0. The number of hydrogen-bond acceptors (Lipinski definition) is 7. The molecule has 9 heteroatoms. The van der Waals surface area contributed by atoms with Crippen LogP contribution in [0.1, 0.15) is 86.1 Å². The van der Waals surface area contributed by atoms with E-state index in [4.69, 9.17) is 10.8 Å². The van der Waals surface area contributed by atoms with Crippen molar-refractivity contribution in [2.75, 3.05) is 52.9 Å². The van der Waals surface area contributed by atoms with E-state index < -0.39 is 0 Å². The highest BCUT2D eigenvalue weighted by Gasteiger charge is 2.08. The Kier molecular flexibility index (Phi) is 43.3. The van der Waals surface area contributed by atoms with Gasteiger partial charge in [-0.1, -0.05) is 78.3 Å². The molecule has 39 heavy (non-hydrogen) atoms. The number of benzene rings is 1. The Morgan fingerprint density at radius 2 is 1.64 bits per heavy atom. The lowest BCUT2D eigenvalue weighted by molar-refractivity contribution is -0.117. The number of thioether (sulfide) groups is 1. The second-order valence-electron chi connectivity index (χ2n) is 8.19. The largest absolute Gasteiger partial charge is 0.382 e. The molecule has 8 nitrogen and oxygen atoms in total. The molecule has 0 spiro atoms. The molecule has 230 valence electrons. The Hall–Kier alpha value is -1.91. The Labute approximate surface area is 245 Å². The number of hydrogen-bond donors (Lipinski definition) is 5. The van der Waals surface area contributed by atoms with Gasteiger partial charge in [-0.25, -0.2) is 0 Å². The van der Waals surface area contributed by atoms with Gasteiger partial charge in [0.05, 0.1) is 18.9 Å². The van der Waals surface area contributed by atoms with Gasteiger partial charge < -0.3 is 32.1 Å². The van der Waals surface area contributed by atoms with Crippen LogP contribution in [0.2, 0.25) is 0 Å². The molecule has 0 aliphatic carbocycles. The molecule has 1 aromatic rings. The zero-order valence-electron chi connectivity index (χ0n) is 26.6. The first-order valence-electron chi connectivity index (χ1n) is 14.3. The van der Waals surface area contributed by atoms with E-state index in [1.807, 2.05) is 58.2 Å². The van der Waals surface area contributed by atoms with Crippen LogP contribution in [-0.4, -0.2) is 75.1 Å². The molecule has 0 aromatic heterocycles. The molecule has 1 rings (SSSR count). The summed E-state index contributed by atoms with van der Waals surface area (Å²) >= 11 is 1.62. The van der Waals surface area contributed by atoms with Crippen LogP contribution in [-0.2, 0) is 4.79 Å². The number of aliphatic hydroxyl groups is 1. The molecule has 0 heterocycles. The molecule has 0 aliphatic heterocycles. The second kappa shape index (κ2) is 38.2. The van der Waals surface area contributed by atoms with Gasteiger partial charge in [0.15, 0.2) is 0 Å². The number of carbonyl (C=O) groups is 1. The maximum absolute atomic E-state index is 11.1. The molecular weight excluding hydrogens is 508 g/mol. The van der Waals surface area contributed by atoms with Gasteiger partial charge in [-0.3, -0.25) is 9.79 Å². The number of nitrogens with zero attached hydrogens (tertiary/aromatic N) is 2. The first-order chi connectivity index (χ1) is 18.8. The van der Waals surface area contributed by atoms with Crippen molar-refractivity contribution in [2.24, 2.45) is 16.5 Å². The van der Waals surface area contributed by atoms with Crippen LogP contribution >= 0.6 is 11.8 Å². The fourth-order valence-corrected chi connectivity index (χ4v) is 3.53. The van der Waals surface area contributed by atoms with E-state index in [9.17, 15) is 4.79 Å². The lowest BCUT2D eigenvalue weighted by Crippen LogP contribution is -2.18. The van der Waals surface area contributed by atoms with Gasteiger partial charge >= 0.3 is 0 Å². The lowest BCUT2D eigenvalue weighted by Gasteiger charge is -2.11. The maximum Gasteiger partial charge on any atom is 0.221 e. The summed E-state index contributed by atoms with van der Waals surface area (Å²) in [6.45, 7) is 18.9. The topological polar surface area (TPSA) is 129 Å². The third kappa shape index (κ3) is 36.1. The number of primary amides is 1. The molecule has 0 atom stereocenters. The standard InChI is InChI=1S/C16H23N3OS.C7H17N.C4H11N.C2H6.CH5NO/c1-3-9-18-11-19-12-21-16(13(2)10-15(17)20)14-7-5-4-6-8-14;1-4-6-7-8(3)5-2;1-3-4-5-2;1-2;2-1-3/h4-8,11H,3,9-10,12H2,1-2H3,(H2,17,20)(H,18,19);4-7H2,1-3H3;5H,3-4H2,1-2H3;1-2H3;3H,1-2H2/b16-13-;;;;. The number of amides is 1. The van der Waals surface area contributed by atoms with Crippen molar-refractivity contribution in [1.82, 2.24) is 15.5 Å². The average molecular weight is 571 g/mol. The molecule has 1 amide bonds. The molecule has 0 saturated heterocycles. The minimum absolute atomic E-state index is 0.250. The summed E-state index contributed by atoms with van der Waals surface area (Å²) in [5.74, 6) is 0.298. The maximum atomic E-state index is 11.1. The van der Waals surface area contributed by atoms with Crippen molar-refractivity contribution in [3.8, 4) is 0 Å². The van der Waals surface area contributed by atoms with Gasteiger partial charge in [0, 0.05) is 17.9 Å². The van der Waals surface area contributed by atoms with Crippen molar-refractivity contribution in [1.29, 1.82) is 0 Å². The van der Waals surface area contributed by atoms with Crippen LogP contribution < -0.4 is 22.1 Å². The Morgan fingerprint density at radius 3 is 2.05 bits per heavy atom. The fraction of sp³-hybridized carbons (Fsp3) is 0.667. The van der Waals surface area contributed by atoms with Crippen LogP contribution in [0, 0.1) is 0 Å². The number of nitrogens with one attached hydrogen (secondary N) is 2. The number of unbranched alkanes of at least 4 members (excludes halogenated alkanes) is 1. The third-order valence-electron chi connectivity index (χ3n) is 4.66. The molecule has 0 bridgehead atoms. The van der Waals surface area contributed by atoms with Gasteiger partial charge in [0.1, 0.15) is 0 Å². The van der Waals surface area contributed by atoms with Crippen molar-refractivity contribution in [2.45, 2.75) is 80.6 Å². The molecule has 0 aliphatic rings. The lowest BCUT2D eigenvalue weighted by atomic mass is 10.1. The van der Waals surface area contributed by atoms with Crippen LogP contribution in [0.15, 0.2) is 40.9 Å². The number of aliphatic imine (C=N–C) groups is 1. The van der Waals surface area contributed by atoms with Crippen molar-refractivity contribution >= 4 is 28.9 Å². The number of rotatable bonds is 15. The summed E-state index contributed by atoms with van der Waals surface area (Å²) in [5.41, 5.74) is 11.8. The van der Waals surface area contributed by atoms with Gasteiger partial charge in [-0.15, -0.1) is 11.8 Å². The van der Waals surface area contributed by atoms with Crippen LogP contribution in [0.25, 0.3) is 4.91 Å². The third-order valence-corrected chi connectivity index (χ3v) is 5.81. The molecule has 1 aromatic carbocycles. The molecule has 0 fully saturated rings. The smallest absolute Gasteiger partial charge is 0.221 e. The Bertz CT molecular complexity index is 671. The molecule has 0 unspecified atom stereocenters. The van der Waals surface area contributed by atoms with Gasteiger partial charge in [-0.05, 0) is 71.1 Å².